The summed E-state index contributed by atoms with van der Waals surface area (Å²) in [6.45, 7) is 0. The number of rotatable bonds is 5. The first-order valence-electron chi connectivity index (χ1n) is 6.84. The van der Waals surface area contributed by atoms with Gasteiger partial charge in [0, 0.05) is 23.1 Å². The van der Waals surface area contributed by atoms with Crippen LogP contribution < -0.4 is 10.0 Å². The Kier molecular flexibility index (Phi) is 4.89. The van der Waals surface area contributed by atoms with Crippen molar-refractivity contribution in [3.05, 3.63) is 65.3 Å². The number of hydrogen-bond acceptors (Lipinski definition) is 5. The van der Waals surface area contributed by atoms with Crippen LogP contribution in [0, 0.1) is 5.21 Å². The maximum Gasteiger partial charge on any atom is 0.251 e. The molecule has 23 heavy (non-hydrogen) atoms. The SMILES string of the molecule is O=C(CSc1cccc[n+]1[O-])Nc1nc(-c2ccccc2)cs1. The number of hydrogen-bond donors (Lipinski definition) is 1. The van der Waals surface area contributed by atoms with Crippen LogP contribution >= 0.6 is 23.1 Å². The monoisotopic (exact) mass is 343 g/mol. The lowest BCUT2D eigenvalue weighted by Gasteiger charge is -2.03. The van der Waals surface area contributed by atoms with Crippen molar-refractivity contribution in [3.63, 3.8) is 0 Å². The van der Waals surface area contributed by atoms with Crippen molar-refractivity contribution >= 4 is 34.1 Å². The fourth-order valence-electron chi connectivity index (χ4n) is 1.89. The van der Waals surface area contributed by atoms with E-state index < -0.39 is 0 Å². The van der Waals surface area contributed by atoms with Gasteiger partial charge in [0.1, 0.15) is 0 Å². The molecule has 0 unspecified atom stereocenters. The van der Waals surface area contributed by atoms with Gasteiger partial charge in [0.15, 0.2) is 11.3 Å². The van der Waals surface area contributed by atoms with Crippen molar-refractivity contribution < 1.29 is 9.52 Å². The second kappa shape index (κ2) is 7.26. The summed E-state index contributed by atoms with van der Waals surface area (Å²) in [5, 5.41) is 17.2. The fourth-order valence-corrected chi connectivity index (χ4v) is 3.34. The molecule has 0 radical (unpaired) electrons. The summed E-state index contributed by atoms with van der Waals surface area (Å²) in [5.74, 6) is -0.0280. The van der Waals surface area contributed by atoms with Crippen LogP contribution in [0.2, 0.25) is 0 Å². The van der Waals surface area contributed by atoms with Gasteiger partial charge in [-0.05, 0) is 17.8 Å². The lowest BCUT2D eigenvalue weighted by Crippen LogP contribution is -2.28. The maximum absolute atomic E-state index is 12.0. The molecule has 0 bridgehead atoms. The second-order valence-corrected chi connectivity index (χ2v) is 6.46. The van der Waals surface area contributed by atoms with Gasteiger partial charge in [-0.3, -0.25) is 4.79 Å². The molecule has 5 nitrogen and oxygen atoms in total. The smallest absolute Gasteiger partial charge is 0.251 e. The predicted octanol–water partition coefficient (Wildman–Crippen LogP) is 3.17. The number of anilines is 1. The average molecular weight is 343 g/mol. The Morgan fingerprint density at radius 2 is 2.00 bits per heavy atom. The van der Waals surface area contributed by atoms with Crippen LogP contribution in [0.4, 0.5) is 5.13 Å². The highest BCUT2D eigenvalue weighted by atomic mass is 32.2. The largest absolute Gasteiger partial charge is 0.618 e. The minimum atomic E-state index is -0.187. The van der Waals surface area contributed by atoms with Crippen LogP contribution in [0.15, 0.2) is 65.1 Å². The summed E-state index contributed by atoms with van der Waals surface area (Å²) in [5.41, 5.74) is 1.84. The van der Waals surface area contributed by atoms with Crippen LogP contribution in [0.3, 0.4) is 0 Å². The highest BCUT2D eigenvalue weighted by Crippen LogP contribution is 2.24. The molecule has 0 aliphatic carbocycles. The van der Waals surface area contributed by atoms with E-state index in [1.54, 1.807) is 18.2 Å². The number of aromatic nitrogens is 2. The third-order valence-corrected chi connectivity index (χ3v) is 4.74. The third kappa shape index (κ3) is 4.08. The van der Waals surface area contributed by atoms with E-state index in [-0.39, 0.29) is 11.7 Å². The van der Waals surface area contributed by atoms with Crippen LogP contribution in [0.5, 0.6) is 0 Å². The molecule has 2 heterocycles. The Bertz CT molecular complexity index is 806. The molecule has 3 rings (SSSR count). The molecule has 0 aliphatic rings. The molecule has 3 aromatic rings. The summed E-state index contributed by atoms with van der Waals surface area (Å²) < 4.78 is 0.745. The predicted molar refractivity (Wildman–Crippen MR) is 92.3 cm³/mol. The molecule has 0 fully saturated rings. The molecule has 0 atom stereocenters. The second-order valence-electron chi connectivity index (χ2n) is 4.61. The molecule has 2 aromatic heterocycles. The molecule has 1 amide bonds. The minimum absolute atomic E-state index is 0.159. The lowest BCUT2D eigenvalue weighted by molar-refractivity contribution is -0.645. The number of thioether (sulfide) groups is 1. The normalized spacial score (nSPS) is 10.4. The Hall–Kier alpha value is -2.38. The van der Waals surface area contributed by atoms with Crippen LogP contribution in [0.25, 0.3) is 11.3 Å². The van der Waals surface area contributed by atoms with Gasteiger partial charge in [-0.2, -0.15) is 4.73 Å². The molecule has 1 aromatic carbocycles. The zero-order valence-corrected chi connectivity index (χ0v) is 13.6. The molecule has 1 N–H and O–H groups in total. The van der Waals surface area contributed by atoms with Crippen molar-refractivity contribution in [1.29, 1.82) is 0 Å². The molecule has 7 heteroatoms. The van der Waals surface area contributed by atoms with E-state index in [2.05, 4.69) is 10.3 Å². The standard InChI is InChI=1S/C16H13N3O2S2/c20-14(11-22-15-8-4-5-9-19(15)21)18-16-17-13(10-23-16)12-6-2-1-3-7-12/h1-10H,11H2,(H,17,18,20). The molecule has 116 valence electrons. The van der Waals surface area contributed by atoms with Crippen LogP contribution in [-0.4, -0.2) is 16.6 Å². The first kappa shape index (κ1) is 15.5. The molecule has 0 aliphatic heterocycles. The number of carbonyl (C=O) groups excluding carboxylic acids is 1. The van der Waals surface area contributed by atoms with Crippen LogP contribution in [-0.2, 0) is 4.79 Å². The Morgan fingerprint density at radius 3 is 2.78 bits per heavy atom. The summed E-state index contributed by atoms with van der Waals surface area (Å²) in [6, 6.07) is 14.9. The highest BCUT2D eigenvalue weighted by molar-refractivity contribution is 7.99. The first-order valence-corrected chi connectivity index (χ1v) is 8.71. The molecule has 0 spiro atoms. The van der Waals surface area contributed by atoms with E-state index >= 15 is 0 Å². The number of benzene rings is 1. The van der Waals surface area contributed by atoms with Crippen molar-refractivity contribution in [2.75, 3.05) is 11.1 Å². The Balaban J connectivity index is 1.58. The Morgan fingerprint density at radius 1 is 1.22 bits per heavy atom. The summed E-state index contributed by atoms with van der Waals surface area (Å²) >= 11 is 2.57. The van der Waals surface area contributed by atoms with E-state index in [0.717, 1.165) is 16.0 Å². The van der Waals surface area contributed by atoms with Gasteiger partial charge in [-0.15, -0.1) is 11.3 Å². The van der Waals surface area contributed by atoms with Crippen molar-refractivity contribution in [3.8, 4) is 11.3 Å². The van der Waals surface area contributed by atoms with Crippen molar-refractivity contribution in [2.45, 2.75) is 5.03 Å². The maximum atomic E-state index is 12.0. The van der Waals surface area contributed by atoms with E-state index in [4.69, 9.17) is 0 Å². The highest BCUT2D eigenvalue weighted by Gasteiger charge is 2.11. The lowest BCUT2D eigenvalue weighted by atomic mass is 10.2. The van der Waals surface area contributed by atoms with Crippen molar-refractivity contribution in [1.82, 2.24) is 4.98 Å². The van der Waals surface area contributed by atoms with Gasteiger partial charge >= 0.3 is 0 Å². The fraction of sp³-hybridized carbons (Fsp3) is 0.0625. The van der Waals surface area contributed by atoms with E-state index in [1.807, 2.05) is 35.7 Å². The Labute approximate surface area is 141 Å². The summed E-state index contributed by atoms with van der Waals surface area (Å²) in [4.78, 5) is 16.4. The third-order valence-electron chi connectivity index (χ3n) is 2.96. The summed E-state index contributed by atoms with van der Waals surface area (Å²) in [7, 11) is 0. The minimum Gasteiger partial charge on any atom is -0.618 e. The van der Waals surface area contributed by atoms with Crippen molar-refractivity contribution in [2.24, 2.45) is 0 Å². The van der Waals surface area contributed by atoms with Gasteiger partial charge in [0.05, 0.1) is 11.4 Å². The zero-order chi connectivity index (χ0) is 16.1. The summed E-state index contributed by atoms with van der Waals surface area (Å²) in [6.07, 6.45) is 1.41. The molecule has 0 saturated heterocycles. The van der Waals surface area contributed by atoms with E-state index in [9.17, 15) is 10.0 Å². The molecular formula is C16H13N3O2S2. The number of pyridine rings is 1. The number of carbonyl (C=O) groups is 1. The number of nitrogens with one attached hydrogen (secondary N) is 1. The zero-order valence-electron chi connectivity index (χ0n) is 12.0. The number of thiazole rings is 1. The van der Waals surface area contributed by atoms with Gasteiger partial charge in [-0.25, -0.2) is 4.98 Å². The van der Waals surface area contributed by atoms with E-state index in [1.165, 1.54) is 29.3 Å². The molecular weight excluding hydrogens is 330 g/mol. The molecule has 0 saturated carbocycles. The van der Waals surface area contributed by atoms with Gasteiger partial charge in [-0.1, -0.05) is 30.3 Å². The number of nitrogens with zero attached hydrogens (tertiary/aromatic N) is 2. The van der Waals surface area contributed by atoms with Gasteiger partial charge < -0.3 is 10.5 Å². The van der Waals surface area contributed by atoms with E-state index in [0.29, 0.717) is 10.2 Å². The topological polar surface area (TPSA) is 68.9 Å². The van der Waals surface area contributed by atoms with Gasteiger partial charge in [0.2, 0.25) is 5.91 Å². The average Bonchev–Trinajstić information content (AvgIpc) is 3.03. The van der Waals surface area contributed by atoms with Gasteiger partial charge in [0.25, 0.3) is 5.03 Å². The quantitative estimate of drug-likeness (QED) is 0.439. The first-order chi connectivity index (χ1) is 11.2. The number of amides is 1. The van der Waals surface area contributed by atoms with Crippen LogP contribution in [0.1, 0.15) is 0 Å².